The van der Waals surface area contributed by atoms with E-state index < -0.39 is 0 Å². The summed E-state index contributed by atoms with van der Waals surface area (Å²) in [5.41, 5.74) is 1.94. The van der Waals surface area contributed by atoms with Gasteiger partial charge in [0, 0.05) is 5.69 Å². The first-order valence-corrected chi connectivity index (χ1v) is 9.74. The maximum absolute atomic E-state index is 12.7. The molecule has 140 valence electrons. The Hall–Kier alpha value is -2.29. The lowest BCUT2D eigenvalue weighted by Gasteiger charge is -2.23. The molecule has 3 heteroatoms. The van der Waals surface area contributed by atoms with Crippen molar-refractivity contribution in [3.63, 3.8) is 0 Å². The molecule has 0 fully saturated rings. The molecular formula is C23H31NO2. The first-order valence-electron chi connectivity index (χ1n) is 9.74. The van der Waals surface area contributed by atoms with Crippen molar-refractivity contribution in [1.29, 1.82) is 0 Å². The first-order chi connectivity index (χ1) is 12.7. The van der Waals surface area contributed by atoms with Crippen LogP contribution in [0.5, 0.6) is 0 Å². The van der Waals surface area contributed by atoms with Gasteiger partial charge in [-0.1, -0.05) is 88.1 Å². The average molecular weight is 354 g/mol. The molecule has 0 radical (unpaired) electrons. The minimum absolute atomic E-state index is 0.277. The van der Waals surface area contributed by atoms with Crippen LogP contribution in [0.3, 0.4) is 0 Å². The summed E-state index contributed by atoms with van der Waals surface area (Å²) in [6, 6.07) is 19.7. The van der Waals surface area contributed by atoms with E-state index in [4.69, 9.17) is 4.74 Å². The number of hydrogen-bond acceptors (Lipinski definition) is 2. The summed E-state index contributed by atoms with van der Waals surface area (Å²) in [6.45, 7) is 5.36. The van der Waals surface area contributed by atoms with Gasteiger partial charge in [-0.3, -0.25) is 4.90 Å². The standard InChI is InChI=1S/C23H31NO2/c1-3-4-5-8-13-20(2)19-26-23(25)24(22-16-11-7-12-17-22)18-21-14-9-6-10-15-21/h6-7,9-12,14-17,20H,3-5,8,13,18-19H2,1-2H3/t20-/m0/s1. The molecule has 0 saturated carbocycles. The summed E-state index contributed by atoms with van der Waals surface area (Å²) in [6.07, 6.45) is 5.83. The van der Waals surface area contributed by atoms with Crippen LogP contribution in [0.1, 0.15) is 51.5 Å². The van der Waals surface area contributed by atoms with Crippen LogP contribution < -0.4 is 4.90 Å². The van der Waals surface area contributed by atoms with Crippen LogP contribution in [-0.2, 0) is 11.3 Å². The maximum Gasteiger partial charge on any atom is 0.414 e. The second-order valence-electron chi connectivity index (χ2n) is 6.94. The lowest BCUT2D eigenvalue weighted by atomic mass is 10.0. The highest BCUT2D eigenvalue weighted by atomic mass is 16.6. The monoisotopic (exact) mass is 353 g/mol. The van der Waals surface area contributed by atoms with Crippen LogP contribution in [-0.4, -0.2) is 12.7 Å². The highest BCUT2D eigenvalue weighted by Crippen LogP contribution is 2.19. The highest BCUT2D eigenvalue weighted by molar-refractivity contribution is 5.87. The molecular weight excluding hydrogens is 322 g/mol. The molecule has 0 heterocycles. The van der Waals surface area contributed by atoms with E-state index in [1.807, 2.05) is 60.7 Å². The number of hydrogen-bond donors (Lipinski definition) is 0. The van der Waals surface area contributed by atoms with Crippen LogP contribution in [0.2, 0.25) is 0 Å². The zero-order chi connectivity index (χ0) is 18.6. The molecule has 2 aromatic rings. The second kappa shape index (κ2) is 11.3. The van der Waals surface area contributed by atoms with Crippen molar-refractivity contribution in [3.8, 4) is 0 Å². The van der Waals surface area contributed by atoms with Gasteiger partial charge in [-0.05, 0) is 30.0 Å². The maximum atomic E-state index is 12.7. The molecule has 0 saturated heterocycles. The van der Waals surface area contributed by atoms with Crippen molar-refractivity contribution in [2.24, 2.45) is 5.92 Å². The number of para-hydroxylation sites is 1. The van der Waals surface area contributed by atoms with Crippen molar-refractivity contribution in [3.05, 3.63) is 66.2 Å². The predicted octanol–water partition coefficient (Wildman–Crippen LogP) is 6.44. The molecule has 0 aromatic heterocycles. The van der Waals surface area contributed by atoms with Gasteiger partial charge in [-0.2, -0.15) is 0 Å². The Bertz CT molecular complexity index is 627. The molecule has 1 atom stereocenters. The van der Waals surface area contributed by atoms with E-state index in [1.165, 1.54) is 25.7 Å². The van der Waals surface area contributed by atoms with Gasteiger partial charge in [-0.25, -0.2) is 4.79 Å². The van der Waals surface area contributed by atoms with Gasteiger partial charge in [0.1, 0.15) is 0 Å². The van der Waals surface area contributed by atoms with Gasteiger partial charge in [0.2, 0.25) is 0 Å². The first kappa shape index (κ1) is 20.0. The smallest absolute Gasteiger partial charge is 0.414 e. The minimum Gasteiger partial charge on any atom is -0.449 e. The number of carbonyl (C=O) groups excluding carboxylic acids is 1. The average Bonchev–Trinajstić information content (AvgIpc) is 2.69. The van der Waals surface area contributed by atoms with Gasteiger partial charge in [0.25, 0.3) is 0 Å². The molecule has 0 unspecified atom stereocenters. The Labute approximate surface area is 158 Å². The van der Waals surface area contributed by atoms with E-state index in [0.29, 0.717) is 19.1 Å². The molecule has 1 amide bonds. The molecule has 2 aromatic carbocycles. The van der Waals surface area contributed by atoms with E-state index in [0.717, 1.165) is 17.7 Å². The lowest BCUT2D eigenvalue weighted by molar-refractivity contribution is 0.134. The second-order valence-corrected chi connectivity index (χ2v) is 6.94. The number of carbonyl (C=O) groups is 1. The third-order valence-electron chi connectivity index (χ3n) is 4.51. The summed E-state index contributed by atoms with van der Waals surface area (Å²) in [5.74, 6) is 0.394. The third-order valence-corrected chi connectivity index (χ3v) is 4.51. The zero-order valence-corrected chi connectivity index (χ0v) is 16.1. The molecule has 0 aliphatic rings. The van der Waals surface area contributed by atoms with E-state index >= 15 is 0 Å². The molecule has 3 nitrogen and oxygen atoms in total. The Kier molecular flexibility index (Phi) is 8.74. The fraction of sp³-hybridized carbons (Fsp3) is 0.435. The minimum atomic E-state index is -0.277. The van der Waals surface area contributed by atoms with E-state index in [-0.39, 0.29) is 6.09 Å². The van der Waals surface area contributed by atoms with Crippen LogP contribution in [0.15, 0.2) is 60.7 Å². The Balaban J connectivity index is 1.93. The van der Waals surface area contributed by atoms with Gasteiger partial charge < -0.3 is 4.74 Å². The number of anilines is 1. The molecule has 2 rings (SSSR count). The number of unbranched alkanes of at least 4 members (excludes halogenated alkanes) is 3. The normalized spacial score (nSPS) is 11.8. The predicted molar refractivity (Wildman–Crippen MR) is 108 cm³/mol. The van der Waals surface area contributed by atoms with Crippen molar-refractivity contribution in [2.45, 2.75) is 52.5 Å². The summed E-state index contributed by atoms with van der Waals surface area (Å²) in [5, 5.41) is 0. The molecule has 0 bridgehead atoms. The largest absolute Gasteiger partial charge is 0.449 e. The fourth-order valence-corrected chi connectivity index (χ4v) is 2.93. The summed E-state index contributed by atoms with van der Waals surface area (Å²) >= 11 is 0. The number of rotatable bonds is 10. The van der Waals surface area contributed by atoms with Gasteiger partial charge in [0.15, 0.2) is 0 Å². The van der Waals surface area contributed by atoms with Crippen molar-refractivity contribution in [1.82, 2.24) is 0 Å². The third kappa shape index (κ3) is 6.91. The van der Waals surface area contributed by atoms with Gasteiger partial charge >= 0.3 is 6.09 Å². The quantitative estimate of drug-likeness (QED) is 0.460. The topological polar surface area (TPSA) is 29.5 Å². The summed E-state index contributed by atoms with van der Waals surface area (Å²) < 4.78 is 5.64. The lowest BCUT2D eigenvalue weighted by Crippen LogP contribution is -2.32. The summed E-state index contributed by atoms with van der Waals surface area (Å²) in [4.78, 5) is 14.4. The molecule has 26 heavy (non-hydrogen) atoms. The van der Waals surface area contributed by atoms with Gasteiger partial charge in [-0.15, -0.1) is 0 Å². The number of benzene rings is 2. The molecule has 0 aliphatic carbocycles. The van der Waals surface area contributed by atoms with E-state index in [1.54, 1.807) is 4.90 Å². The van der Waals surface area contributed by atoms with E-state index in [2.05, 4.69) is 13.8 Å². The van der Waals surface area contributed by atoms with Crippen LogP contribution in [0, 0.1) is 5.92 Å². The highest BCUT2D eigenvalue weighted by Gasteiger charge is 2.18. The van der Waals surface area contributed by atoms with Crippen LogP contribution >= 0.6 is 0 Å². The number of nitrogens with zero attached hydrogens (tertiary/aromatic N) is 1. The zero-order valence-electron chi connectivity index (χ0n) is 16.1. The molecule has 0 spiro atoms. The van der Waals surface area contributed by atoms with Crippen LogP contribution in [0.25, 0.3) is 0 Å². The van der Waals surface area contributed by atoms with Crippen molar-refractivity contribution < 1.29 is 9.53 Å². The van der Waals surface area contributed by atoms with Crippen molar-refractivity contribution >= 4 is 11.8 Å². The van der Waals surface area contributed by atoms with Crippen LogP contribution in [0.4, 0.5) is 10.5 Å². The Morgan fingerprint density at radius 3 is 2.27 bits per heavy atom. The number of amides is 1. The Morgan fingerprint density at radius 2 is 1.62 bits per heavy atom. The Morgan fingerprint density at radius 1 is 0.962 bits per heavy atom. The SMILES string of the molecule is CCCCCC[C@H](C)COC(=O)N(Cc1ccccc1)c1ccccc1. The number of ether oxygens (including phenoxy) is 1. The van der Waals surface area contributed by atoms with E-state index in [9.17, 15) is 4.79 Å². The van der Waals surface area contributed by atoms with Crippen molar-refractivity contribution in [2.75, 3.05) is 11.5 Å². The van der Waals surface area contributed by atoms with Gasteiger partial charge in [0.05, 0.1) is 13.2 Å². The summed E-state index contributed by atoms with van der Waals surface area (Å²) in [7, 11) is 0. The fourth-order valence-electron chi connectivity index (χ4n) is 2.93. The molecule has 0 N–H and O–H groups in total. The molecule has 0 aliphatic heterocycles.